The van der Waals surface area contributed by atoms with Crippen molar-refractivity contribution in [3.63, 3.8) is 0 Å². The summed E-state index contributed by atoms with van der Waals surface area (Å²) in [5.41, 5.74) is 0. The molecule has 0 aromatic heterocycles. The van der Waals surface area contributed by atoms with Crippen LogP contribution in [0.5, 0.6) is 0 Å². The highest BCUT2D eigenvalue weighted by atomic mass is 35.5. The van der Waals surface area contributed by atoms with Crippen molar-refractivity contribution in [1.29, 1.82) is 0 Å². The molecule has 1 unspecified atom stereocenters. The van der Waals surface area contributed by atoms with Gasteiger partial charge in [-0.05, 0) is 19.4 Å². The largest absolute Gasteiger partial charge is 0.383 e. The summed E-state index contributed by atoms with van der Waals surface area (Å²) in [5, 5.41) is 12.2. The van der Waals surface area contributed by atoms with E-state index < -0.39 is 12.3 Å². The summed E-state index contributed by atoms with van der Waals surface area (Å²) >= 11 is 0. The minimum Gasteiger partial charge on any atom is -0.383 e. The molecule has 0 spiro atoms. The maximum atomic E-state index is 13.5. The van der Waals surface area contributed by atoms with Crippen LogP contribution < -0.4 is 5.32 Å². The maximum Gasteiger partial charge on any atom is 0.251 e. The normalized spacial score (nSPS) is 36.5. The van der Waals surface area contributed by atoms with Gasteiger partial charge in [0.2, 0.25) is 0 Å². The first-order valence-corrected chi connectivity index (χ1v) is 5.03. The van der Waals surface area contributed by atoms with E-state index in [2.05, 4.69) is 5.32 Å². The smallest absolute Gasteiger partial charge is 0.251 e. The minimum atomic E-state index is -1.00. The summed E-state index contributed by atoms with van der Waals surface area (Å²) in [7, 11) is 0. The van der Waals surface area contributed by atoms with Gasteiger partial charge >= 0.3 is 0 Å². The standard InChI is InChI=1S/C9H15FN2O2.ClH/c10-6-5-11-3-1-7(6)12-4-2-8(13)9(12)14;/h6-8,11,13H,1-5H2;1H/t6-,7+,8?;/m1./s1. The van der Waals surface area contributed by atoms with E-state index in [4.69, 9.17) is 0 Å². The lowest BCUT2D eigenvalue weighted by Gasteiger charge is -2.34. The van der Waals surface area contributed by atoms with Gasteiger partial charge in [0.25, 0.3) is 5.91 Å². The Morgan fingerprint density at radius 3 is 2.73 bits per heavy atom. The van der Waals surface area contributed by atoms with Crippen LogP contribution in [-0.4, -0.2) is 53.9 Å². The molecule has 0 aliphatic carbocycles. The summed E-state index contributed by atoms with van der Waals surface area (Å²) in [4.78, 5) is 12.9. The monoisotopic (exact) mass is 238 g/mol. The van der Waals surface area contributed by atoms with Gasteiger partial charge in [-0.15, -0.1) is 12.4 Å². The number of rotatable bonds is 1. The Morgan fingerprint density at radius 1 is 1.47 bits per heavy atom. The minimum absolute atomic E-state index is 0. The van der Waals surface area contributed by atoms with Crippen molar-refractivity contribution >= 4 is 18.3 Å². The average molecular weight is 239 g/mol. The SMILES string of the molecule is Cl.O=C1C(O)CCN1[C@H]1CCNC[C@H]1F. The van der Waals surface area contributed by atoms with Crippen LogP contribution in [0, 0.1) is 0 Å². The number of hydrogen-bond donors (Lipinski definition) is 2. The number of alkyl halides is 1. The Kier molecular flexibility index (Phi) is 4.31. The predicted octanol–water partition coefficient (Wildman–Crippen LogP) is -0.299. The Morgan fingerprint density at radius 2 is 2.20 bits per heavy atom. The van der Waals surface area contributed by atoms with E-state index in [0.29, 0.717) is 25.9 Å². The fraction of sp³-hybridized carbons (Fsp3) is 0.889. The third-order valence-electron chi connectivity index (χ3n) is 2.99. The van der Waals surface area contributed by atoms with E-state index in [1.165, 1.54) is 4.90 Å². The molecular formula is C9H16ClFN2O2. The number of likely N-dealkylation sites (tertiary alicyclic amines) is 1. The highest BCUT2D eigenvalue weighted by Crippen LogP contribution is 2.21. The Hall–Kier alpha value is -0.390. The zero-order valence-corrected chi connectivity index (χ0v) is 9.17. The van der Waals surface area contributed by atoms with E-state index in [1.807, 2.05) is 0 Å². The highest BCUT2D eigenvalue weighted by molar-refractivity contribution is 5.85. The number of piperidine rings is 1. The van der Waals surface area contributed by atoms with Gasteiger partial charge in [0.1, 0.15) is 12.3 Å². The van der Waals surface area contributed by atoms with Gasteiger partial charge in [-0.3, -0.25) is 4.79 Å². The number of nitrogens with zero attached hydrogens (tertiary/aromatic N) is 1. The lowest BCUT2D eigenvalue weighted by molar-refractivity contribution is -0.138. The molecule has 0 saturated carbocycles. The first kappa shape index (κ1) is 12.7. The molecule has 1 amide bonds. The van der Waals surface area contributed by atoms with Crippen molar-refractivity contribution in [3.05, 3.63) is 0 Å². The molecule has 0 aromatic rings. The van der Waals surface area contributed by atoms with E-state index in [9.17, 15) is 14.3 Å². The number of halogens is 2. The second kappa shape index (κ2) is 5.09. The molecule has 6 heteroatoms. The lowest BCUT2D eigenvalue weighted by atomic mass is 10.0. The van der Waals surface area contributed by atoms with E-state index in [1.54, 1.807) is 0 Å². The van der Waals surface area contributed by atoms with Gasteiger partial charge in [0.15, 0.2) is 0 Å². The summed E-state index contributed by atoms with van der Waals surface area (Å²) in [5.74, 6) is -0.306. The quantitative estimate of drug-likeness (QED) is 0.660. The van der Waals surface area contributed by atoms with Crippen molar-refractivity contribution in [3.8, 4) is 0 Å². The van der Waals surface area contributed by atoms with Crippen LogP contribution in [0.15, 0.2) is 0 Å². The number of amides is 1. The fourth-order valence-electron chi connectivity index (χ4n) is 2.17. The highest BCUT2D eigenvalue weighted by Gasteiger charge is 2.39. The molecule has 88 valence electrons. The molecule has 0 bridgehead atoms. The third-order valence-corrected chi connectivity index (χ3v) is 2.99. The second-order valence-electron chi connectivity index (χ2n) is 3.91. The molecule has 2 aliphatic heterocycles. The number of carbonyl (C=O) groups excluding carboxylic acids is 1. The van der Waals surface area contributed by atoms with Crippen molar-refractivity contribution in [2.75, 3.05) is 19.6 Å². The zero-order chi connectivity index (χ0) is 10.1. The zero-order valence-electron chi connectivity index (χ0n) is 8.36. The predicted molar refractivity (Wildman–Crippen MR) is 55.8 cm³/mol. The third kappa shape index (κ3) is 2.41. The summed E-state index contributed by atoms with van der Waals surface area (Å²) < 4.78 is 13.5. The van der Waals surface area contributed by atoms with Crippen molar-refractivity contribution in [1.82, 2.24) is 10.2 Å². The molecule has 4 nitrogen and oxygen atoms in total. The first-order chi connectivity index (χ1) is 6.70. The molecule has 2 saturated heterocycles. The molecule has 0 aromatic carbocycles. The van der Waals surface area contributed by atoms with E-state index >= 15 is 0 Å². The van der Waals surface area contributed by atoms with Crippen LogP contribution in [0.25, 0.3) is 0 Å². The van der Waals surface area contributed by atoms with Crippen molar-refractivity contribution < 1.29 is 14.3 Å². The van der Waals surface area contributed by atoms with Crippen LogP contribution in [0.4, 0.5) is 4.39 Å². The molecule has 3 atom stereocenters. The van der Waals surface area contributed by atoms with Gasteiger partial charge in [-0.25, -0.2) is 4.39 Å². The van der Waals surface area contributed by atoms with Gasteiger partial charge < -0.3 is 15.3 Å². The Labute approximate surface area is 94.2 Å². The molecule has 15 heavy (non-hydrogen) atoms. The summed E-state index contributed by atoms with van der Waals surface area (Å²) in [6, 6.07) is -0.332. The van der Waals surface area contributed by atoms with Gasteiger partial charge in [-0.2, -0.15) is 0 Å². The average Bonchev–Trinajstić information content (AvgIpc) is 2.49. The van der Waals surface area contributed by atoms with Crippen LogP contribution >= 0.6 is 12.4 Å². The molecule has 2 heterocycles. The Bertz CT molecular complexity index is 242. The molecule has 2 rings (SSSR count). The summed E-state index contributed by atoms with van der Waals surface area (Å²) in [6.07, 6.45) is -0.829. The molecule has 0 radical (unpaired) electrons. The van der Waals surface area contributed by atoms with Crippen molar-refractivity contribution in [2.45, 2.75) is 31.2 Å². The maximum absolute atomic E-state index is 13.5. The second-order valence-corrected chi connectivity index (χ2v) is 3.91. The van der Waals surface area contributed by atoms with E-state index in [-0.39, 0.29) is 24.4 Å². The van der Waals surface area contributed by atoms with Gasteiger partial charge in [0, 0.05) is 13.1 Å². The van der Waals surface area contributed by atoms with Crippen LogP contribution in [0.2, 0.25) is 0 Å². The number of aliphatic hydroxyl groups is 1. The number of nitrogens with one attached hydrogen (secondary N) is 1. The Balaban J connectivity index is 0.00000112. The van der Waals surface area contributed by atoms with Gasteiger partial charge in [0.05, 0.1) is 6.04 Å². The number of hydrogen-bond acceptors (Lipinski definition) is 3. The van der Waals surface area contributed by atoms with Crippen LogP contribution in [0.1, 0.15) is 12.8 Å². The first-order valence-electron chi connectivity index (χ1n) is 5.03. The van der Waals surface area contributed by atoms with Gasteiger partial charge in [-0.1, -0.05) is 0 Å². The molecule has 2 aliphatic rings. The molecular weight excluding hydrogens is 223 g/mol. The van der Waals surface area contributed by atoms with E-state index in [0.717, 1.165) is 6.54 Å². The topological polar surface area (TPSA) is 52.6 Å². The number of aliphatic hydroxyl groups excluding tert-OH is 1. The fourth-order valence-corrected chi connectivity index (χ4v) is 2.17. The lowest BCUT2D eigenvalue weighted by Crippen LogP contribution is -2.52. The van der Waals surface area contributed by atoms with Crippen LogP contribution in [-0.2, 0) is 4.79 Å². The van der Waals surface area contributed by atoms with Crippen LogP contribution in [0.3, 0.4) is 0 Å². The van der Waals surface area contributed by atoms with Crippen molar-refractivity contribution in [2.24, 2.45) is 0 Å². The molecule has 2 fully saturated rings. The number of carbonyl (C=O) groups is 1. The molecule has 2 N–H and O–H groups in total. The summed E-state index contributed by atoms with van der Waals surface area (Å²) in [6.45, 7) is 1.54.